The summed E-state index contributed by atoms with van der Waals surface area (Å²) in [6.45, 7) is 1.28. The van der Waals surface area contributed by atoms with Gasteiger partial charge in [0.25, 0.3) is 5.92 Å². The van der Waals surface area contributed by atoms with Crippen LogP contribution in [0.3, 0.4) is 0 Å². The molecular formula is C9H10F2N2O3. The summed E-state index contributed by atoms with van der Waals surface area (Å²) in [5.74, 6) is -4.58. The number of alkyl halides is 2. The fourth-order valence-corrected chi connectivity index (χ4v) is 0.985. The lowest BCUT2D eigenvalue weighted by molar-refractivity contribution is -0.0236. The Kier molecular flexibility index (Phi) is 3.36. The molecule has 0 fully saturated rings. The van der Waals surface area contributed by atoms with E-state index in [4.69, 9.17) is 9.84 Å². The van der Waals surface area contributed by atoms with Gasteiger partial charge in [-0.15, -0.1) is 5.10 Å². The van der Waals surface area contributed by atoms with Crippen LogP contribution < -0.4 is 4.74 Å². The second kappa shape index (κ2) is 4.38. The molecule has 0 unspecified atom stereocenters. The van der Waals surface area contributed by atoms with Crippen LogP contribution in [-0.4, -0.2) is 33.8 Å². The predicted molar refractivity (Wildman–Crippen MR) is 49.8 cm³/mol. The summed E-state index contributed by atoms with van der Waals surface area (Å²) in [5.41, 5.74) is -0.124. The molecule has 0 radical (unpaired) electrons. The van der Waals surface area contributed by atoms with Gasteiger partial charge in [0.05, 0.1) is 6.20 Å². The van der Waals surface area contributed by atoms with E-state index in [0.29, 0.717) is 12.5 Å². The highest BCUT2D eigenvalue weighted by atomic mass is 19.3. The number of halogens is 2. The molecule has 5 nitrogen and oxygen atoms in total. The Morgan fingerprint density at radius 1 is 1.62 bits per heavy atom. The van der Waals surface area contributed by atoms with Gasteiger partial charge in [0.2, 0.25) is 5.69 Å². The average Bonchev–Trinajstić information content (AvgIpc) is 2.13. The van der Waals surface area contributed by atoms with Crippen molar-refractivity contribution in [1.29, 1.82) is 0 Å². The van der Waals surface area contributed by atoms with Gasteiger partial charge in [0.1, 0.15) is 0 Å². The number of nitrogens with zero attached hydrogens (tertiary/aromatic N) is 2. The highest BCUT2D eigenvalue weighted by Crippen LogP contribution is 2.22. The molecule has 88 valence electrons. The quantitative estimate of drug-likeness (QED) is 0.851. The third-order valence-corrected chi connectivity index (χ3v) is 1.65. The molecule has 1 N–H and O–H groups in total. The molecule has 16 heavy (non-hydrogen) atoms. The van der Waals surface area contributed by atoms with E-state index in [-0.39, 0.29) is 5.75 Å². The van der Waals surface area contributed by atoms with Gasteiger partial charge in [-0.05, 0) is 6.92 Å². The van der Waals surface area contributed by atoms with Crippen LogP contribution in [0.15, 0.2) is 6.20 Å². The predicted octanol–water partition coefficient (Wildman–Crippen LogP) is 1.52. The molecule has 0 saturated carbocycles. The molecule has 0 amide bonds. The topological polar surface area (TPSA) is 72.3 Å². The SMILES string of the molecule is Cc1cnnc(C(=O)O)c1OCC(C)(F)F. The average molecular weight is 232 g/mol. The van der Waals surface area contributed by atoms with Crippen molar-refractivity contribution in [3.05, 3.63) is 17.5 Å². The molecule has 0 saturated heterocycles. The van der Waals surface area contributed by atoms with Gasteiger partial charge in [-0.3, -0.25) is 0 Å². The molecule has 0 bridgehead atoms. The standard InChI is InChI=1S/C9H10F2N2O3/c1-5-3-12-13-6(8(14)15)7(5)16-4-9(2,10)11/h3H,4H2,1-2H3,(H,14,15). The van der Waals surface area contributed by atoms with E-state index < -0.39 is 24.2 Å². The first kappa shape index (κ1) is 12.3. The summed E-state index contributed by atoms with van der Waals surface area (Å²) in [6.07, 6.45) is 1.25. The zero-order valence-electron chi connectivity index (χ0n) is 8.70. The normalized spacial score (nSPS) is 11.2. The molecule has 1 aromatic rings. The van der Waals surface area contributed by atoms with Crippen molar-refractivity contribution in [1.82, 2.24) is 10.2 Å². The smallest absolute Gasteiger partial charge is 0.360 e. The first-order valence-corrected chi connectivity index (χ1v) is 4.37. The van der Waals surface area contributed by atoms with E-state index in [2.05, 4.69) is 10.2 Å². The summed E-state index contributed by atoms with van der Waals surface area (Å²) < 4.78 is 29.9. The lowest BCUT2D eigenvalue weighted by Gasteiger charge is -2.14. The van der Waals surface area contributed by atoms with Crippen molar-refractivity contribution in [2.45, 2.75) is 19.8 Å². The van der Waals surface area contributed by atoms with Crippen molar-refractivity contribution in [2.75, 3.05) is 6.61 Å². The Balaban J connectivity index is 2.98. The number of aromatic nitrogens is 2. The minimum Gasteiger partial charge on any atom is -0.484 e. The molecule has 1 heterocycles. The molecule has 7 heteroatoms. The second-order valence-electron chi connectivity index (χ2n) is 3.37. The Morgan fingerprint density at radius 3 is 2.75 bits per heavy atom. The van der Waals surface area contributed by atoms with E-state index in [0.717, 1.165) is 0 Å². The fraction of sp³-hybridized carbons (Fsp3) is 0.444. The second-order valence-corrected chi connectivity index (χ2v) is 3.37. The number of hydrogen-bond donors (Lipinski definition) is 1. The van der Waals surface area contributed by atoms with Gasteiger partial charge >= 0.3 is 5.97 Å². The van der Waals surface area contributed by atoms with Crippen molar-refractivity contribution >= 4 is 5.97 Å². The number of hydrogen-bond acceptors (Lipinski definition) is 4. The Bertz CT molecular complexity index is 404. The van der Waals surface area contributed by atoms with Gasteiger partial charge in [-0.25, -0.2) is 13.6 Å². The maximum atomic E-state index is 12.6. The van der Waals surface area contributed by atoms with Crippen molar-refractivity contribution < 1.29 is 23.4 Å². The largest absolute Gasteiger partial charge is 0.484 e. The van der Waals surface area contributed by atoms with Crippen molar-refractivity contribution in [2.24, 2.45) is 0 Å². The molecule has 0 aromatic carbocycles. The van der Waals surface area contributed by atoms with Crippen LogP contribution >= 0.6 is 0 Å². The molecule has 1 rings (SSSR count). The van der Waals surface area contributed by atoms with Crippen LogP contribution in [0.25, 0.3) is 0 Å². The number of carbonyl (C=O) groups is 1. The number of aromatic carboxylic acids is 1. The van der Waals surface area contributed by atoms with Gasteiger partial charge in [-0.1, -0.05) is 0 Å². The van der Waals surface area contributed by atoms with Crippen LogP contribution in [0.5, 0.6) is 5.75 Å². The number of aryl methyl sites for hydroxylation is 1. The van der Waals surface area contributed by atoms with Crippen LogP contribution in [-0.2, 0) is 0 Å². The third-order valence-electron chi connectivity index (χ3n) is 1.65. The molecule has 0 spiro atoms. The number of carboxylic acids is 1. The summed E-state index contributed by atoms with van der Waals surface area (Å²) in [6, 6.07) is 0. The Morgan fingerprint density at radius 2 is 2.25 bits per heavy atom. The minimum atomic E-state index is -3.04. The molecule has 0 aliphatic heterocycles. The number of rotatable bonds is 4. The summed E-state index contributed by atoms with van der Waals surface area (Å²) in [5, 5.41) is 15.5. The van der Waals surface area contributed by atoms with E-state index in [9.17, 15) is 13.6 Å². The monoisotopic (exact) mass is 232 g/mol. The lowest BCUT2D eigenvalue weighted by Crippen LogP contribution is -2.22. The Labute approximate surface area is 90.1 Å². The zero-order chi connectivity index (χ0) is 12.3. The first-order valence-electron chi connectivity index (χ1n) is 4.37. The zero-order valence-corrected chi connectivity index (χ0v) is 8.70. The molecule has 1 aromatic heterocycles. The third kappa shape index (κ3) is 3.11. The van der Waals surface area contributed by atoms with Crippen LogP contribution in [0, 0.1) is 6.92 Å². The molecule has 0 aliphatic rings. The van der Waals surface area contributed by atoms with Crippen LogP contribution in [0.1, 0.15) is 23.0 Å². The summed E-state index contributed by atoms with van der Waals surface area (Å²) >= 11 is 0. The van der Waals surface area contributed by atoms with E-state index in [1.54, 1.807) is 0 Å². The highest BCUT2D eigenvalue weighted by molar-refractivity contribution is 5.88. The maximum absolute atomic E-state index is 12.6. The minimum absolute atomic E-state index is 0.177. The number of carboxylic acid groups (broad SMARTS) is 1. The Hall–Kier alpha value is -1.79. The lowest BCUT2D eigenvalue weighted by atomic mass is 10.2. The molecular weight excluding hydrogens is 222 g/mol. The van der Waals surface area contributed by atoms with E-state index in [1.165, 1.54) is 13.1 Å². The van der Waals surface area contributed by atoms with E-state index in [1.807, 2.05) is 0 Å². The van der Waals surface area contributed by atoms with Gasteiger partial charge in [0, 0.05) is 12.5 Å². The van der Waals surface area contributed by atoms with E-state index >= 15 is 0 Å². The van der Waals surface area contributed by atoms with Crippen molar-refractivity contribution in [3.63, 3.8) is 0 Å². The summed E-state index contributed by atoms with van der Waals surface area (Å²) in [4.78, 5) is 10.7. The van der Waals surface area contributed by atoms with Gasteiger partial charge < -0.3 is 9.84 Å². The van der Waals surface area contributed by atoms with Crippen LogP contribution in [0.4, 0.5) is 8.78 Å². The van der Waals surface area contributed by atoms with Crippen LogP contribution in [0.2, 0.25) is 0 Å². The highest BCUT2D eigenvalue weighted by Gasteiger charge is 2.25. The molecule has 0 atom stereocenters. The fourth-order valence-electron chi connectivity index (χ4n) is 0.985. The molecule has 0 aliphatic carbocycles. The van der Waals surface area contributed by atoms with Gasteiger partial charge in [-0.2, -0.15) is 5.10 Å². The first-order chi connectivity index (χ1) is 7.31. The summed E-state index contributed by atoms with van der Waals surface area (Å²) in [7, 11) is 0. The maximum Gasteiger partial charge on any atom is 0.360 e. The van der Waals surface area contributed by atoms with Gasteiger partial charge in [0.15, 0.2) is 12.4 Å². The van der Waals surface area contributed by atoms with Crippen molar-refractivity contribution in [3.8, 4) is 5.75 Å². The number of ether oxygens (including phenoxy) is 1.